The first kappa shape index (κ1) is 21.9. The van der Waals surface area contributed by atoms with Gasteiger partial charge in [0.15, 0.2) is 0 Å². The van der Waals surface area contributed by atoms with Crippen molar-refractivity contribution in [2.75, 3.05) is 55.9 Å². The number of nitrogens with zero attached hydrogens (tertiary/aromatic N) is 2. The largest absolute Gasteiger partial charge is 0.352 e. The molecular weight excluding hydrogens is 388 g/mol. The molecule has 0 atom stereocenters. The predicted molar refractivity (Wildman–Crippen MR) is 110 cm³/mol. The maximum Gasteiger partial charge on any atom is 0.251 e. The third-order valence-electron chi connectivity index (χ3n) is 4.99. The molecule has 0 aromatic heterocycles. The van der Waals surface area contributed by atoms with Crippen LogP contribution in [0.2, 0.25) is 0 Å². The second kappa shape index (κ2) is 9.73. The number of piperazine rings is 1. The van der Waals surface area contributed by atoms with Gasteiger partial charge in [0, 0.05) is 44.8 Å². The number of amides is 1. The first-order valence-electron chi connectivity index (χ1n) is 9.30. The van der Waals surface area contributed by atoms with Gasteiger partial charge in [-0.2, -0.15) is 0 Å². The summed E-state index contributed by atoms with van der Waals surface area (Å²) in [7, 11) is -3.19. The van der Waals surface area contributed by atoms with Gasteiger partial charge in [-0.05, 0) is 50.1 Å². The van der Waals surface area contributed by atoms with Crippen LogP contribution < -0.4 is 14.9 Å². The molecule has 1 amide bonds. The van der Waals surface area contributed by atoms with Crippen LogP contribution in [-0.2, 0) is 10.0 Å². The Morgan fingerprint density at radius 1 is 1.22 bits per heavy atom. The van der Waals surface area contributed by atoms with Gasteiger partial charge < -0.3 is 15.5 Å². The Hall–Kier alpha value is -1.35. The van der Waals surface area contributed by atoms with E-state index in [9.17, 15) is 13.2 Å². The Bertz CT molecular complexity index is 751. The van der Waals surface area contributed by atoms with Crippen molar-refractivity contribution in [3.05, 3.63) is 29.3 Å². The molecule has 2 saturated heterocycles. The van der Waals surface area contributed by atoms with Gasteiger partial charge in [-0.3, -0.25) is 9.10 Å². The summed E-state index contributed by atoms with van der Waals surface area (Å²) in [6, 6.07) is 5.24. The molecule has 0 saturated carbocycles. The highest BCUT2D eigenvalue weighted by atomic mass is 35.5. The number of nitrogens with one attached hydrogen (secondary N) is 2. The van der Waals surface area contributed by atoms with Crippen LogP contribution in [0.4, 0.5) is 5.69 Å². The lowest BCUT2D eigenvalue weighted by Crippen LogP contribution is -2.44. The molecule has 0 radical (unpaired) electrons. The summed E-state index contributed by atoms with van der Waals surface area (Å²) in [5, 5.41) is 6.30. The van der Waals surface area contributed by atoms with Crippen molar-refractivity contribution in [2.45, 2.75) is 19.8 Å². The number of sulfonamides is 1. The molecular formula is C18H29ClN4O3S. The second-order valence-electron chi connectivity index (χ2n) is 6.94. The Balaban J connectivity index is 0.00000261. The van der Waals surface area contributed by atoms with E-state index in [0.29, 0.717) is 30.8 Å². The molecule has 2 aliphatic heterocycles. The molecule has 0 unspecified atom stereocenters. The van der Waals surface area contributed by atoms with Gasteiger partial charge in [0.1, 0.15) is 0 Å². The van der Waals surface area contributed by atoms with Gasteiger partial charge >= 0.3 is 0 Å². The standard InChI is InChI=1S/C18H28N4O3S.ClH/c1-15-14-16(22-10-3-13-26(22,24)25)4-5-17(15)18(23)20-6-2-9-21-11-7-19-8-12-21;/h4-5,14,19H,2-3,6-13H2,1H3,(H,20,23);1H. The molecule has 9 heteroatoms. The lowest BCUT2D eigenvalue weighted by Gasteiger charge is -2.27. The zero-order valence-electron chi connectivity index (χ0n) is 15.7. The molecule has 1 aromatic rings. The average Bonchev–Trinajstić information content (AvgIpc) is 2.98. The Labute approximate surface area is 167 Å². The van der Waals surface area contributed by atoms with Crippen LogP contribution >= 0.6 is 12.4 Å². The number of aryl methyl sites for hydroxylation is 1. The van der Waals surface area contributed by atoms with E-state index in [1.54, 1.807) is 18.2 Å². The number of carbonyl (C=O) groups is 1. The average molecular weight is 417 g/mol. The number of hydrogen-bond acceptors (Lipinski definition) is 5. The molecule has 27 heavy (non-hydrogen) atoms. The van der Waals surface area contributed by atoms with Crippen LogP contribution in [-0.4, -0.2) is 70.8 Å². The highest BCUT2D eigenvalue weighted by Crippen LogP contribution is 2.26. The Kier molecular flexibility index (Phi) is 7.91. The van der Waals surface area contributed by atoms with Crippen LogP contribution in [0.1, 0.15) is 28.8 Å². The van der Waals surface area contributed by atoms with Crippen LogP contribution in [0.25, 0.3) is 0 Å². The van der Waals surface area contributed by atoms with Crippen molar-refractivity contribution < 1.29 is 13.2 Å². The van der Waals surface area contributed by atoms with E-state index in [2.05, 4.69) is 15.5 Å². The quantitative estimate of drug-likeness (QED) is 0.675. The molecule has 152 valence electrons. The molecule has 1 aromatic carbocycles. The minimum atomic E-state index is -3.19. The third kappa shape index (κ3) is 5.57. The van der Waals surface area contributed by atoms with Crippen LogP contribution in [0.5, 0.6) is 0 Å². The smallest absolute Gasteiger partial charge is 0.251 e. The zero-order valence-corrected chi connectivity index (χ0v) is 17.4. The predicted octanol–water partition coefficient (Wildman–Crippen LogP) is 0.982. The van der Waals surface area contributed by atoms with Gasteiger partial charge in [0.25, 0.3) is 5.91 Å². The van der Waals surface area contributed by atoms with Crippen molar-refractivity contribution in [3.63, 3.8) is 0 Å². The topological polar surface area (TPSA) is 81.8 Å². The lowest BCUT2D eigenvalue weighted by molar-refractivity contribution is 0.0950. The summed E-state index contributed by atoms with van der Waals surface area (Å²) in [6.45, 7) is 8.19. The van der Waals surface area contributed by atoms with Crippen molar-refractivity contribution in [1.29, 1.82) is 0 Å². The van der Waals surface area contributed by atoms with E-state index < -0.39 is 10.0 Å². The fourth-order valence-electron chi connectivity index (χ4n) is 3.52. The number of hydrogen-bond donors (Lipinski definition) is 2. The van der Waals surface area contributed by atoms with Gasteiger partial charge in [0.05, 0.1) is 11.4 Å². The monoisotopic (exact) mass is 416 g/mol. The molecule has 0 spiro atoms. The van der Waals surface area contributed by atoms with Crippen molar-refractivity contribution in [1.82, 2.24) is 15.5 Å². The number of benzene rings is 1. The van der Waals surface area contributed by atoms with E-state index in [4.69, 9.17) is 0 Å². The summed E-state index contributed by atoms with van der Waals surface area (Å²) in [6.07, 6.45) is 1.57. The summed E-state index contributed by atoms with van der Waals surface area (Å²) in [4.78, 5) is 14.8. The molecule has 2 N–H and O–H groups in total. The van der Waals surface area contributed by atoms with E-state index in [1.807, 2.05) is 6.92 Å². The van der Waals surface area contributed by atoms with E-state index in [0.717, 1.165) is 44.7 Å². The first-order chi connectivity index (χ1) is 12.5. The summed E-state index contributed by atoms with van der Waals surface area (Å²) in [5.74, 6) is 0.0973. The molecule has 2 aliphatic rings. The van der Waals surface area contributed by atoms with Crippen LogP contribution in [0, 0.1) is 6.92 Å². The van der Waals surface area contributed by atoms with Gasteiger partial charge in [0.2, 0.25) is 10.0 Å². The fraction of sp³-hybridized carbons (Fsp3) is 0.611. The third-order valence-corrected chi connectivity index (χ3v) is 6.86. The van der Waals surface area contributed by atoms with E-state index >= 15 is 0 Å². The first-order valence-corrected chi connectivity index (χ1v) is 10.9. The van der Waals surface area contributed by atoms with E-state index in [-0.39, 0.29) is 24.1 Å². The summed E-state index contributed by atoms with van der Waals surface area (Å²) < 4.78 is 25.5. The van der Waals surface area contributed by atoms with Gasteiger partial charge in [-0.1, -0.05) is 0 Å². The van der Waals surface area contributed by atoms with Gasteiger partial charge in [-0.25, -0.2) is 8.42 Å². The molecule has 3 rings (SSSR count). The molecule has 0 bridgehead atoms. The van der Waals surface area contributed by atoms with Crippen molar-refractivity contribution >= 4 is 34.0 Å². The molecule has 0 aliphatic carbocycles. The highest BCUT2D eigenvalue weighted by molar-refractivity contribution is 7.93. The molecule has 2 fully saturated rings. The lowest BCUT2D eigenvalue weighted by atomic mass is 10.1. The van der Waals surface area contributed by atoms with Crippen LogP contribution in [0.3, 0.4) is 0 Å². The number of anilines is 1. The van der Waals surface area contributed by atoms with Crippen molar-refractivity contribution in [2.24, 2.45) is 0 Å². The van der Waals surface area contributed by atoms with E-state index in [1.165, 1.54) is 4.31 Å². The molecule has 2 heterocycles. The number of carbonyl (C=O) groups excluding carboxylic acids is 1. The summed E-state index contributed by atoms with van der Waals surface area (Å²) in [5.41, 5.74) is 2.05. The SMILES string of the molecule is Cc1cc(N2CCCS2(=O)=O)ccc1C(=O)NCCCN1CCNCC1.Cl. The highest BCUT2D eigenvalue weighted by Gasteiger charge is 2.28. The number of rotatable bonds is 6. The fourth-order valence-corrected chi connectivity index (χ4v) is 5.08. The maximum absolute atomic E-state index is 12.4. The molecule has 7 nitrogen and oxygen atoms in total. The summed E-state index contributed by atoms with van der Waals surface area (Å²) >= 11 is 0. The van der Waals surface area contributed by atoms with Gasteiger partial charge in [-0.15, -0.1) is 12.4 Å². The Morgan fingerprint density at radius 2 is 1.96 bits per heavy atom. The van der Waals surface area contributed by atoms with Crippen LogP contribution in [0.15, 0.2) is 18.2 Å². The number of halogens is 1. The zero-order chi connectivity index (χ0) is 18.6. The maximum atomic E-state index is 12.4. The second-order valence-corrected chi connectivity index (χ2v) is 8.95. The minimum Gasteiger partial charge on any atom is -0.352 e. The Morgan fingerprint density at radius 3 is 2.59 bits per heavy atom. The van der Waals surface area contributed by atoms with Crippen molar-refractivity contribution in [3.8, 4) is 0 Å². The minimum absolute atomic E-state index is 0. The normalized spacial score (nSPS) is 19.5.